The smallest absolute Gasteiger partial charge is 0.0304 e. The van der Waals surface area contributed by atoms with Gasteiger partial charge in [-0.1, -0.05) is 37.3 Å². The van der Waals surface area contributed by atoms with E-state index in [9.17, 15) is 0 Å². The van der Waals surface area contributed by atoms with Crippen molar-refractivity contribution in [2.75, 3.05) is 13.1 Å². The predicted octanol–water partition coefficient (Wildman–Crippen LogP) is 3.13. The molecule has 0 aliphatic heterocycles. The summed E-state index contributed by atoms with van der Waals surface area (Å²) in [7, 11) is 0. The average Bonchev–Trinajstić information content (AvgIpc) is 2.75. The highest BCUT2D eigenvalue weighted by Gasteiger charge is 2.28. The van der Waals surface area contributed by atoms with E-state index >= 15 is 0 Å². The fourth-order valence-corrected chi connectivity index (χ4v) is 3.31. The van der Waals surface area contributed by atoms with Crippen molar-refractivity contribution in [3.63, 3.8) is 0 Å². The minimum Gasteiger partial charge on any atom is -0.329 e. The Morgan fingerprint density at radius 3 is 2.47 bits per heavy atom. The topological polar surface area (TPSA) is 38.0 Å². The molecule has 0 spiro atoms. The molecule has 0 amide bonds. The molecule has 0 saturated heterocycles. The molecule has 0 heterocycles. The molecule has 0 radical (unpaired) electrons. The first kappa shape index (κ1) is 13.1. The van der Waals surface area contributed by atoms with E-state index in [1.807, 2.05) is 0 Å². The van der Waals surface area contributed by atoms with Gasteiger partial charge in [0.25, 0.3) is 0 Å². The fourth-order valence-electron chi connectivity index (χ4n) is 3.31. The van der Waals surface area contributed by atoms with Crippen LogP contribution in [0.25, 0.3) is 0 Å². The van der Waals surface area contributed by atoms with Crippen molar-refractivity contribution < 1.29 is 0 Å². The molecule has 0 unspecified atom stereocenters. The molecule has 2 rings (SSSR count). The Kier molecular flexibility index (Phi) is 5.05. The summed E-state index contributed by atoms with van der Waals surface area (Å²) in [6.07, 6.45) is 15.7. The summed E-state index contributed by atoms with van der Waals surface area (Å²) in [5.41, 5.74) is 7.95. The van der Waals surface area contributed by atoms with Crippen LogP contribution in [0.2, 0.25) is 0 Å². The number of nitrogens with two attached hydrogens (primary N) is 1. The van der Waals surface area contributed by atoms with Crippen molar-refractivity contribution in [2.45, 2.75) is 69.7 Å². The van der Waals surface area contributed by atoms with Crippen molar-refractivity contribution in [3.8, 4) is 0 Å². The van der Waals surface area contributed by atoms with Gasteiger partial charge >= 0.3 is 0 Å². The molecule has 1 saturated carbocycles. The minimum atomic E-state index is 0.260. The van der Waals surface area contributed by atoms with Crippen LogP contribution in [-0.2, 0) is 0 Å². The molecule has 98 valence electrons. The van der Waals surface area contributed by atoms with Crippen LogP contribution in [0.1, 0.15) is 64.2 Å². The third kappa shape index (κ3) is 3.82. The van der Waals surface area contributed by atoms with Gasteiger partial charge in [-0.2, -0.15) is 0 Å². The first-order chi connectivity index (χ1) is 8.35. The van der Waals surface area contributed by atoms with E-state index in [1.54, 1.807) is 5.57 Å². The summed E-state index contributed by atoms with van der Waals surface area (Å²) in [6.45, 7) is 1.94. The molecular formula is C15H28N2. The first-order valence-electron chi connectivity index (χ1n) is 7.48. The van der Waals surface area contributed by atoms with E-state index in [1.165, 1.54) is 64.2 Å². The molecule has 0 bridgehead atoms. The van der Waals surface area contributed by atoms with Crippen LogP contribution in [0.3, 0.4) is 0 Å². The van der Waals surface area contributed by atoms with Crippen LogP contribution >= 0.6 is 0 Å². The van der Waals surface area contributed by atoms with Gasteiger partial charge < -0.3 is 11.1 Å². The van der Waals surface area contributed by atoms with Gasteiger partial charge in [-0.25, -0.2) is 0 Å². The normalized spacial score (nSPS) is 24.4. The van der Waals surface area contributed by atoms with Gasteiger partial charge in [-0.05, 0) is 45.1 Å². The molecule has 2 heteroatoms. The Labute approximate surface area is 106 Å². The lowest BCUT2D eigenvalue weighted by Gasteiger charge is -2.33. The Hall–Kier alpha value is -0.340. The Morgan fingerprint density at radius 2 is 1.88 bits per heavy atom. The van der Waals surface area contributed by atoms with Gasteiger partial charge in [0, 0.05) is 12.1 Å². The largest absolute Gasteiger partial charge is 0.329 e. The third-order valence-corrected chi connectivity index (χ3v) is 4.53. The van der Waals surface area contributed by atoms with Gasteiger partial charge in [0.05, 0.1) is 0 Å². The maximum atomic E-state index is 6.02. The maximum absolute atomic E-state index is 6.02. The van der Waals surface area contributed by atoms with E-state index < -0.39 is 0 Å². The lowest BCUT2D eigenvalue weighted by Crippen LogP contribution is -2.51. The molecule has 17 heavy (non-hydrogen) atoms. The molecule has 0 aromatic heterocycles. The van der Waals surface area contributed by atoms with Crippen molar-refractivity contribution in [3.05, 3.63) is 11.6 Å². The van der Waals surface area contributed by atoms with Crippen LogP contribution in [0.5, 0.6) is 0 Å². The SMILES string of the molecule is NCC1(NCCC2=CCCC2)CCCCCC1. The summed E-state index contributed by atoms with van der Waals surface area (Å²) >= 11 is 0. The van der Waals surface area contributed by atoms with Crippen LogP contribution in [0.15, 0.2) is 11.6 Å². The van der Waals surface area contributed by atoms with Gasteiger partial charge in [0.2, 0.25) is 0 Å². The molecule has 3 N–H and O–H groups in total. The van der Waals surface area contributed by atoms with Gasteiger partial charge in [-0.3, -0.25) is 0 Å². The standard InChI is InChI=1S/C15H28N2/c16-13-15(10-5-1-2-6-11-15)17-12-9-14-7-3-4-8-14/h7,17H,1-6,8-13,16H2. The highest BCUT2D eigenvalue weighted by Crippen LogP contribution is 2.27. The molecule has 0 aromatic rings. The Balaban J connectivity index is 1.77. The number of rotatable bonds is 5. The molecule has 2 aliphatic carbocycles. The van der Waals surface area contributed by atoms with Crippen LogP contribution < -0.4 is 11.1 Å². The second-order valence-corrected chi connectivity index (χ2v) is 5.83. The monoisotopic (exact) mass is 236 g/mol. The van der Waals surface area contributed by atoms with Gasteiger partial charge in [0.15, 0.2) is 0 Å². The Morgan fingerprint density at radius 1 is 1.12 bits per heavy atom. The van der Waals surface area contributed by atoms with Crippen molar-refractivity contribution in [2.24, 2.45) is 5.73 Å². The number of hydrogen-bond acceptors (Lipinski definition) is 2. The molecular weight excluding hydrogens is 208 g/mol. The van der Waals surface area contributed by atoms with E-state index in [-0.39, 0.29) is 5.54 Å². The van der Waals surface area contributed by atoms with Gasteiger partial charge in [0.1, 0.15) is 0 Å². The zero-order valence-corrected chi connectivity index (χ0v) is 11.1. The third-order valence-electron chi connectivity index (χ3n) is 4.53. The van der Waals surface area contributed by atoms with E-state index in [0.717, 1.165) is 13.1 Å². The first-order valence-corrected chi connectivity index (χ1v) is 7.48. The average molecular weight is 236 g/mol. The second-order valence-electron chi connectivity index (χ2n) is 5.83. The maximum Gasteiger partial charge on any atom is 0.0304 e. The van der Waals surface area contributed by atoms with Crippen LogP contribution in [0, 0.1) is 0 Å². The zero-order valence-electron chi connectivity index (χ0n) is 11.1. The lowest BCUT2D eigenvalue weighted by atomic mass is 9.90. The summed E-state index contributed by atoms with van der Waals surface area (Å²) in [4.78, 5) is 0. The predicted molar refractivity (Wildman–Crippen MR) is 74.0 cm³/mol. The summed E-state index contributed by atoms with van der Waals surface area (Å²) < 4.78 is 0. The second kappa shape index (κ2) is 6.55. The van der Waals surface area contributed by atoms with Crippen molar-refractivity contribution in [1.82, 2.24) is 5.32 Å². The Bertz CT molecular complexity index is 250. The van der Waals surface area contributed by atoms with E-state index in [0.29, 0.717) is 0 Å². The summed E-state index contributed by atoms with van der Waals surface area (Å²) in [6, 6.07) is 0. The molecule has 1 fully saturated rings. The van der Waals surface area contributed by atoms with Gasteiger partial charge in [-0.15, -0.1) is 0 Å². The van der Waals surface area contributed by atoms with Crippen molar-refractivity contribution >= 4 is 0 Å². The number of nitrogens with one attached hydrogen (secondary N) is 1. The fraction of sp³-hybridized carbons (Fsp3) is 0.867. The highest BCUT2D eigenvalue weighted by molar-refractivity contribution is 5.08. The molecule has 0 aromatic carbocycles. The van der Waals surface area contributed by atoms with Crippen LogP contribution in [-0.4, -0.2) is 18.6 Å². The van der Waals surface area contributed by atoms with Crippen LogP contribution in [0.4, 0.5) is 0 Å². The van der Waals surface area contributed by atoms with E-state index in [4.69, 9.17) is 5.73 Å². The van der Waals surface area contributed by atoms with Crippen molar-refractivity contribution in [1.29, 1.82) is 0 Å². The molecule has 0 atom stereocenters. The van der Waals surface area contributed by atoms with E-state index in [2.05, 4.69) is 11.4 Å². The minimum absolute atomic E-state index is 0.260. The highest BCUT2D eigenvalue weighted by atomic mass is 15.0. The summed E-state index contributed by atoms with van der Waals surface area (Å²) in [5, 5.41) is 3.79. The number of allylic oxidation sites excluding steroid dienone is 1. The molecule has 2 aliphatic rings. The molecule has 2 nitrogen and oxygen atoms in total. The summed E-state index contributed by atoms with van der Waals surface area (Å²) in [5.74, 6) is 0. The zero-order chi connectivity index (χ0) is 12.0. The number of hydrogen-bond donors (Lipinski definition) is 2. The lowest BCUT2D eigenvalue weighted by molar-refractivity contribution is 0.294. The quantitative estimate of drug-likeness (QED) is 0.568.